The summed E-state index contributed by atoms with van der Waals surface area (Å²) in [5, 5.41) is 19.6. The third-order valence-corrected chi connectivity index (χ3v) is 4.25. The van der Waals surface area contributed by atoms with Crippen molar-refractivity contribution in [1.82, 2.24) is 4.98 Å². The number of aliphatic hydroxyl groups excluding tert-OH is 1. The molecule has 0 spiro atoms. The number of fused-ring (bicyclic) bond motifs is 1. The molecule has 0 aliphatic heterocycles. The number of rotatable bonds is 3. The average molecular weight is 296 g/mol. The van der Waals surface area contributed by atoms with Crippen LogP contribution in [0.15, 0.2) is 35.5 Å². The smallest absolute Gasteiger partial charge is 0.145 e. The molecule has 1 aromatic heterocycles. The lowest BCUT2D eigenvalue weighted by Crippen LogP contribution is -2.08. The molecule has 0 saturated heterocycles. The summed E-state index contributed by atoms with van der Waals surface area (Å²) in [7, 11) is 0. The molecule has 114 valence electrons. The van der Waals surface area contributed by atoms with E-state index in [2.05, 4.69) is 28.2 Å². The van der Waals surface area contributed by atoms with E-state index >= 15 is 0 Å². The van der Waals surface area contributed by atoms with Gasteiger partial charge in [0.1, 0.15) is 5.75 Å². The fraction of sp³-hybridized carbons (Fsp3) is 0.333. The Kier molecular flexibility index (Phi) is 4.20. The maximum absolute atomic E-state index is 10.2. The van der Waals surface area contributed by atoms with Crippen molar-refractivity contribution < 1.29 is 10.2 Å². The van der Waals surface area contributed by atoms with Crippen molar-refractivity contribution in [2.24, 2.45) is 4.99 Å². The van der Waals surface area contributed by atoms with E-state index in [0.717, 1.165) is 19.3 Å². The lowest BCUT2D eigenvalue weighted by Gasteiger charge is -2.22. The predicted molar refractivity (Wildman–Crippen MR) is 86.3 cm³/mol. The second kappa shape index (κ2) is 6.28. The molecule has 3 rings (SSSR count). The molecule has 0 saturated carbocycles. The van der Waals surface area contributed by atoms with Crippen LogP contribution < -0.4 is 0 Å². The molecule has 0 amide bonds. The first kappa shape index (κ1) is 14.7. The van der Waals surface area contributed by atoms with Gasteiger partial charge in [-0.3, -0.25) is 9.98 Å². The number of nitrogens with zero attached hydrogens (tertiary/aromatic N) is 2. The number of benzene rings is 1. The topological polar surface area (TPSA) is 65.7 Å². The van der Waals surface area contributed by atoms with Gasteiger partial charge in [-0.25, -0.2) is 0 Å². The van der Waals surface area contributed by atoms with E-state index in [4.69, 9.17) is 0 Å². The zero-order valence-corrected chi connectivity index (χ0v) is 12.7. The van der Waals surface area contributed by atoms with Crippen molar-refractivity contribution in [3.8, 4) is 5.75 Å². The zero-order valence-electron chi connectivity index (χ0n) is 12.7. The van der Waals surface area contributed by atoms with E-state index in [0.29, 0.717) is 16.8 Å². The molecule has 0 bridgehead atoms. The molecular formula is C18H20N2O2. The quantitative estimate of drug-likeness (QED) is 0.855. The highest BCUT2D eigenvalue weighted by Crippen LogP contribution is 2.33. The summed E-state index contributed by atoms with van der Waals surface area (Å²) in [6, 6.07) is 8.50. The molecule has 0 radical (unpaired) electrons. The molecule has 2 aromatic rings. The highest BCUT2D eigenvalue weighted by Gasteiger charge is 2.18. The highest BCUT2D eigenvalue weighted by molar-refractivity contribution is 5.85. The van der Waals surface area contributed by atoms with Crippen LogP contribution in [0.25, 0.3) is 0 Å². The minimum absolute atomic E-state index is 0.0967. The summed E-state index contributed by atoms with van der Waals surface area (Å²) in [5.41, 5.74) is 4.32. The molecule has 22 heavy (non-hydrogen) atoms. The normalized spacial score (nSPS) is 17.6. The molecule has 2 N–H and O–H groups in total. The van der Waals surface area contributed by atoms with Gasteiger partial charge in [0.2, 0.25) is 0 Å². The Morgan fingerprint density at radius 3 is 3.00 bits per heavy atom. The summed E-state index contributed by atoms with van der Waals surface area (Å²) in [6.07, 6.45) is 6.50. The van der Waals surface area contributed by atoms with Crippen LogP contribution >= 0.6 is 0 Å². The van der Waals surface area contributed by atoms with Gasteiger partial charge in [-0.15, -0.1) is 0 Å². The second-order valence-electron chi connectivity index (χ2n) is 5.67. The number of aromatic hydroxyl groups is 1. The van der Waals surface area contributed by atoms with E-state index in [1.807, 2.05) is 6.07 Å². The molecule has 4 nitrogen and oxygen atoms in total. The minimum Gasteiger partial charge on any atom is -0.505 e. The molecule has 0 unspecified atom stereocenters. The Morgan fingerprint density at radius 2 is 2.18 bits per heavy atom. The van der Waals surface area contributed by atoms with Crippen LogP contribution in [-0.4, -0.2) is 21.4 Å². The van der Waals surface area contributed by atoms with E-state index in [1.165, 1.54) is 11.1 Å². The van der Waals surface area contributed by atoms with Crippen molar-refractivity contribution in [3.05, 3.63) is 58.4 Å². The average Bonchev–Trinajstić information content (AvgIpc) is 2.56. The van der Waals surface area contributed by atoms with Crippen molar-refractivity contribution >= 4 is 6.21 Å². The van der Waals surface area contributed by atoms with Gasteiger partial charge in [-0.2, -0.15) is 0 Å². The molecule has 1 aliphatic carbocycles. The van der Waals surface area contributed by atoms with Crippen LogP contribution in [0.3, 0.4) is 0 Å². The first-order valence-corrected chi connectivity index (χ1v) is 7.60. The van der Waals surface area contributed by atoms with E-state index < -0.39 is 0 Å². The standard InChI is InChI=1S/C18H20N2O2/c1-12-18(22)16(14(11-21)9-19-12)10-20-17-8-4-6-13-5-2-3-7-15(13)17/h2-3,5,7,9-10,17,21-22H,4,6,8,11H2,1H3/t17-/m0/s1. The minimum atomic E-state index is -0.163. The molecule has 4 heteroatoms. The number of hydrogen-bond donors (Lipinski definition) is 2. The summed E-state index contributed by atoms with van der Waals surface area (Å²) >= 11 is 0. The summed E-state index contributed by atoms with van der Waals surface area (Å²) in [5.74, 6) is 0.0967. The Morgan fingerprint density at radius 1 is 1.36 bits per heavy atom. The van der Waals surface area contributed by atoms with Crippen LogP contribution in [0.5, 0.6) is 5.75 Å². The van der Waals surface area contributed by atoms with Crippen LogP contribution in [0, 0.1) is 6.92 Å². The molecule has 1 aliphatic rings. The van der Waals surface area contributed by atoms with Crippen LogP contribution in [-0.2, 0) is 13.0 Å². The fourth-order valence-electron chi connectivity index (χ4n) is 2.97. The molecule has 0 fully saturated rings. The summed E-state index contributed by atoms with van der Waals surface area (Å²) in [6.45, 7) is 1.58. The molecular weight excluding hydrogens is 276 g/mol. The Hall–Kier alpha value is -2.20. The number of hydrogen-bond acceptors (Lipinski definition) is 4. The first-order valence-electron chi connectivity index (χ1n) is 7.60. The zero-order chi connectivity index (χ0) is 15.5. The van der Waals surface area contributed by atoms with Crippen molar-refractivity contribution in [1.29, 1.82) is 0 Å². The maximum atomic E-state index is 10.2. The van der Waals surface area contributed by atoms with Crippen LogP contribution in [0.1, 0.15) is 46.8 Å². The van der Waals surface area contributed by atoms with Crippen molar-refractivity contribution in [2.75, 3.05) is 0 Å². The molecule has 1 heterocycles. The number of aryl methyl sites for hydroxylation is 2. The maximum Gasteiger partial charge on any atom is 0.145 e. The Labute approximate surface area is 130 Å². The molecule has 1 aromatic carbocycles. The van der Waals surface area contributed by atoms with Crippen molar-refractivity contribution in [3.63, 3.8) is 0 Å². The van der Waals surface area contributed by atoms with Crippen LogP contribution in [0.4, 0.5) is 0 Å². The van der Waals surface area contributed by atoms with E-state index in [1.54, 1.807) is 19.3 Å². The number of pyridine rings is 1. The number of aromatic nitrogens is 1. The molecule has 1 atom stereocenters. The van der Waals surface area contributed by atoms with E-state index in [-0.39, 0.29) is 18.4 Å². The van der Waals surface area contributed by atoms with Gasteiger partial charge in [0, 0.05) is 23.5 Å². The summed E-state index contributed by atoms with van der Waals surface area (Å²) in [4.78, 5) is 8.75. The number of aliphatic imine (C=N–C) groups is 1. The summed E-state index contributed by atoms with van der Waals surface area (Å²) < 4.78 is 0. The largest absolute Gasteiger partial charge is 0.505 e. The lowest BCUT2D eigenvalue weighted by atomic mass is 9.88. The van der Waals surface area contributed by atoms with Gasteiger partial charge in [0.15, 0.2) is 0 Å². The third-order valence-electron chi connectivity index (χ3n) is 4.25. The Bertz CT molecular complexity index is 710. The lowest BCUT2D eigenvalue weighted by molar-refractivity contribution is 0.280. The van der Waals surface area contributed by atoms with Crippen molar-refractivity contribution in [2.45, 2.75) is 38.8 Å². The van der Waals surface area contributed by atoms with E-state index in [9.17, 15) is 10.2 Å². The van der Waals surface area contributed by atoms with Gasteiger partial charge in [0.05, 0.1) is 18.3 Å². The van der Waals surface area contributed by atoms with Gasteiger partial charge in [-0.1, -0.05) is 24.3 Å². The SMILES string of the molecule is Cc1ncc(CO)c(C=N[C@H]2CCCc3ccccc32)c1O. The van der Waals surface area contributed by atoms with Gasteiger partial charge < -0.3 is 10.2 Å². The number of aliphatic hydroxyl groups is 1. The Balaban J connectivity index is 1.95. The highest BCUT2D eigenvalue weighted by atomic mass is 16.3. The predicted octanol–water partition coefficient (Wildman–Crippen LogP) is 3.08. The van der Waals surface area contributed by atoms with Gasteiger partial charge in [0.25, 0.3) is 0 Å². The monoisotopic (exact) mass is 296 g/mol. The first-order chi connectivity index (χ1) is 10.7. The fourth-order valence-corrected chi connectivity index (χ4v) is 2.97. The van der Waals surface area contributed by atoms with Crippen LogP contribution in [0.2, 0.25) is 0 Å². The third kappa shape index (κ3) is 2.74. The van der Waals surface area contributed by atoms with Gasteiger partial charge >= 0.3 is 0 Å². The van der Waals surface area contributed by atoms with Gasteiger partial charge in [-0.05, 0) is 37.3 Å². The second-order valence-corrected chi connectivity index (χ2v) is 5.67.